The molecule has 2 aliphatic rings. The summed E-state index contributed by atoms with van der Waals surface area (Å²) < 4.78 is 56.8. The van der Waals surface area contributed by atoms with Gasteiger partial charge in [-0.15, -0.1) is 0 Å². The van der Waals surface area contributed by atoms with E-state index in [4.69, 9.17) is 23.3 Å². The van der Waals surface area contributed by atoms with Crippen LogP contribution >= 0.6 is 7.75 Å². The van der Waals surface area contributed by atoms with E-state index in [-0.39, 0.29) is 18.3 Å². The molecule has 2 fully saturated rings. The number of rotatable bonds is 10. The Kier molecular flexibility index (Phi) is 9.21. The number of hydrogen-bond acceptors (Lipinski definition) is 10. The van der Waals surface area contributed by atoms with E-state index >= 15 is 0 Å². The molecular weight excluding hydrogens is 576 g/mol. The lowest BCUT2D eigenvalue weighted by atomic mass is 10.1. The predicted molar refractivity (Wildman–Crippen MR) is 146 cm³/mol. The number of nitrogens with zero attached hydrogens (tertiary/aromatic N) is 1. The number of aromatic amines is 1. The maximum absolute atomic E-state index is 14.1. The van der Waals surface area contributed by atoms with Crippen molar-refractivity contribution < 1.29 is 42.1 Å². The number of H-pyrrole nitrogens is 1. The molecule has 3 N–H and O–H groups in total. The van der Waals surface area contributed by atoms with Gasteiger partial charge in [0.15, 0.2) is 0 Å². The number of halogens is 1. The van der Waals surface area contributed by atoms with E-state index in [2.05, 4.69) is 5.09 Å². The first kappa shape index (κ1) is 30.1. The second kappa shape index (κ2) is 12.9. The van der Waals surface area contributed by atoms with Crippen LogP contribution in [0.2, 0.25) is 0 Å². The first-order chi connectivity index (χ1) is 20.1. The van der Waals surface area contributed by atoms with Gasteiger partial charge in [-0.25, -0.2) is 9.36 Å². The molecule has 1 unspecified atom stereocenters. The van der Waals surface area contributed by atoms with Gasteiger partial charge in [0.05, 0.1) is 32.1 Å². The number of aliphatic hydroxyl groups is 1. The van der Waals surface area contributed by atoms with Crippen LogP contribution < -0.4 is 20.9 Å². The molecule has 0 aliphatic carbocycles. The lowest BCUT2D eigenvalue weighted by Gasteiger charge is -2.27. The molecule has 2 aromatic carbocycles. The zero-order valence-electron chi connectivity index (χ0n) is 22.6. The van der Waals surface area contributed by atoms with E-state index in [1.807, 2.05) is 23.2 Å². The van der Waals surface area contributed by atoms with Crippen LogP contribution in [-0.2, 0) is 28.1 Å². The van der Waals surface area contributed by atoms with Crippen molar-refractivity contribution in [1.29, 1.82) is 0 Å². The summed E-state index contributed by atoms with van der Waals surface area (Å²) in [5, 5.41) is 14.7. The van der Waals surface area contributed by atoms with E-state index in [0.717, 1.165) is 9.95 Å². The van der Waals surface area contributed by atoms with Gasteiger partial charge in [-0.05, 0) is 18.4 Å². The third-order valence-electron chi connectivity index (χ3n) is 6.97. The average Bonchev–Trinajstić information content (AvgIpc) is 3.34. The highest BCUT2D eigenvalue weighted by Gasteiger charge is 2.40. The molecule has 13 nitrogen and oxygen atoms in total. The predicted octanol–water partition coefficient (Wildman–Crippen LogP) is 2.38. The van der Waals surface area contributed by atoms with Crippen molar-refractivity contribution >= 4 is 24.5 Å². The molecule has 2 saturated heterocycles. The van der Waals surface area contributed by atoms with Crippen molar-refractivity contribution in [2.75, 3.05) is 19.8 Å². The molecular formula is C27H31FN3O10P. The van der Waals surface area contributed by atoms with Gasteiger partial charge in [0.25, 0.3) is 5.56 Å². The third-order valence-corrected chi connectivity index (χ3v) is 8.60. The quantitative estimate of drug-likeness (QED) is 0.229. The number of ether oxygens (including phenoxy) is 3. The Morgan fingerprint density at radius 2 is 1.95 bits per heavy atom. The Labute approximate surface area is 239 Å². The SMILES string of the molecule is C[C@H](NP(=O)(OC[C@H]1O[C@@H](n2cc(F)c(=O)[nH]c2=O)C[C@@H]1O)Oc1cccc2ccccc12)C(=O)OC1CCOCC1. The molecule has 0 spiro atoms. The number of fused-ring (bicyclic) bond motifs is 1. The van der Waals surface area contributed by atoms with Gasteiger partial charge in [0, 0.05) is 24.6 Å². The molecule has 42 heavy (non-hydrogen) atoms. The van der Waals surface area contributed by atoms with Gasteiger partial charge in [0.2, 0.25) is 5.82 Å². The van der Waals surface area contributed by atoms with Crippen LogP contribution in [0.1, 0.15) is 32.4 Å². The van der Waals surface area contributed by atoms with Crippen molar-refractivity contribution in [3.63, 3.8) is 0 Å². The van der Waals surface area contributed by atoms with Crippen molar-refractivity contribution in [2.24, 2.45) is 0 Å². The minimum absolute atomic E-state index is 0.144. The minimum Gasteiger partial charge on any atom is -0.461 e. The van der Waals surface area contributed by atoms with Crippen LogP contribution in [0, 0.1) is 5.82 Å². The summed E-state index contributed by atoms with van der Waals surface area (Å²) in [5.41, 5.74) is -2.11. The van der Waals surface area contributed by atoms with Gasteiger partial charge in [-0.3, -0.25) is 23.7 Å². The molecule has 0 amide bonds. The summed E-state index contributed by atoms with van der Waals surface area (Å²) in [6, 6.07) is 11.3. The summed E-state index contributed by atoms with van der Waals surface area (Å²) in [5.74, 6) is -1.65. The summed E-state index contributed by atoms with van der Waals surface area (Å²) >= 11 is 0. The van der Waals surface area contributed by atoms with E-state index < -0.39 is 61.9 Å². The van der Waals surface area contributed by atoms with Crippen LogP contribution in [0.15, 0.2) is 58.3 Å². The minimum atomic E-state index is -4.35. The fourth-order valence-corrected chi connectivity index (χ4v) is 6.25. The monoisotopic (exact) mass is 607 g/mol. The molecule has 5 rings (SSSR count). The van der Waals surface area contributed by atoms with Gasteiger partial charge in [-0.1, -0.05) is 36.4 Å². The highest BCUT2D eigenvalue weighted by Crippen LogP contribution is 2.47. The smallest absolute Gasteiger partial charge is 0.459 e. The molecule has 226 valence electrons. The van der Waals surface area contributed by atoms with Gasteiger partial charge in [-0.2, -0.15) is 9.48 Å². The molecule has 2 aliphatic heterocycles. The van der Waals surface area contributed by atoms with Crippen LogP contribution in [0.5, 0.6) is 5.75 Å². The Hall–Kier alpha value is -3.39. The number of carbonyl (C=O) groups excluding carboxylic acids is 1. The molecule has 3 aromatic rings. The summed E-state index contributed by atoms with van der Waals surface area (Å²) in [6.07, 6.45) is -2.17. The van der Waals surface area contributed by atoms with Gasteiger partial charge in [0.1, 0.15) is 30.2 Å². The zero-order chi connectivity index (χ0) is 29.9. The fourth-order valence-electron chi connectivity index (χ4n) is 4.73. The molecule has 0 bridgehead atoms. The van der Waals surface area contributed by atoms with Crippen LogP contribution in [0.3, 0.4) is 0 Å². The number of hydrogen-bond donors (Lipinski definition) is 3. The molecule has 5 atom stereocenters. The topological polar surface area (TPSA) is 167 Å². The largest absolute Gasteiger partial charge is 0.461 e. The molecule has 1 aromatic heterocycles. The number of aliphatic hydroxyl groups excluding tert-OH is 1. The second-order valence-corrected chi connectivity index (χ2v) is 11.7. The van der Waals surface area contributed by atoms with Crippen LogP contribution in [-0.4, -0.2) is 64.8 Å². The van der Waals surface area contributed by atoms with E-state index in [1.165, 1.54) is 6.92 Å². The van der Waals surface area contributed by atoms with Gasteiger partial charge >= 0.3 is 19.4 Å². The maximum Gasteiger partial charge on any atom is 0.459 e. The zero-order valence-corrected chi connectivity index (χ0v) is 23.5. The Balaban J connectivity index is 1.33. The average molecular weight is 608 g/mol. The molecule has 0 radical (unpaired) electrons. The third kappa shape index (κ3) is 6.97. The molecule has 3 heterocycles. The standard InChI is InChI=1S/C27H31FN3O10P/c1-16(26(34)39-18-9-11-37-12-10-18)30-42(36,41-22-8-4-6-17-5-2-3-7-19(17)22)38-15-23-21(32)13-24(40-23)31-14-20(28)25(33)29-27(31)35/h2-8,14,16,18,21,23-24,32H,9-13,15H2,1H3,(H,30,36)(H,29,33,35)/t16-,21-,23+,24+,42?/m0/s1. The van der Waals surface area contributed by atoms with Crippen molar-refractivity contribution in [3.05, 3.63) is 75.3 Å². The van der Waals surface area contributed by atoms with E-state index in [9.17, 15) is 28.4 Å². The highest BCUT2D eigenvalue weighted by molar-refractivity contribution is 7.52. The van der Waals surface area contributed by atoms with Crippen molar-refractivity contribution in [1.82, 2.24) is 14.6 Å². The molecule has 15 heteroatoms. The van der Waals surface area contributed by atoms with Crippen LogP contribution in [0.4, 0.5) is 4.39 Å². The summed E-state index contributed by atoms with van der Waals surface area (Å²) in [7, 11) is -4.35. The lowest BCUT2D eigenvalue weighted by molar-refractivity contribution is -0.154. The fraction of sp³-hybridized carbons (Fsp3) is 0.444. The Morgan fingerprint density at radius 1 is 1.21 bits per heavy atom. The number of aromatic nitrogens is 2. The van der Waals surface area contributed by atoms with Crippen molar-refractivity contribution in [2.45, 2.75) is 56.8 Å². The van der Waals surface area contributed by atoms with Gasteiger partial charge < -0.3 is 23.8 Å². The summed E-state index contributed by atoms with van der Waals surface area (Å²) in [6.45, 7) is 1.90. The number of esters is 1. The molecule has 0 saturated carbocycles. The Bertz CT molecular complexity index is 1580. The lowest BCUT2D eigenvalue weighted by Crippen LogP contribution is -2.39. The first-order valence-electron chi connectivity index (χ1n) is 13.4. The first-order valence-corrected chi connectivity index (χ1v) is 15.0. The summed E-state index contributed by atoms with van der Waals surface area (Å²) in [4.78, 5) is 38.2. The highest BCUT2D eigenvalue weighted by atomic mass is 31.2. The van der Waals surface area contributed by atoms with E-state index in [0.29, 0.717) is 37.6 Å². The maximum atomic E-state index is 14.1. The number of benzene rings is 2. The second-order valence-electron chi connectivity index (χ2n) is 10.0. The van der Waals surface area contributed by atoms with Crippen LogP contribution in [0.25, 0.3) is 10.8 Å². The number of nitrogens with one attached hydrogen (secondary N) is 2. The Morgan fingerprint density at radius 3 is 2.74 bits per heavy atom. The van der Waals surface area contributed by atoms with Crippen molar-refractivity contribution in [3.8, 4) is 5.75 Å². The van der Waals surface area contributed by atoms with E-state index in [1.54, 1.807) is 24.3 Å². The normalized spacial score (nSPS) is 23.4. The number of carbonyl (C=O) groups is 1.